The topological polar surface area (TPSA) is 133 Å². The van der Waals surface area contributed by atoms with Crippen LogP contribution in [0, 0.1) is 0 Å². The molecule has 1 aliphatic carbocycles. The highest BCUT2D eigenvalue weighted by Gasteiger charge is 2.47. The molecule has 0 saturated heterocycles. The van der Waals surface area contributed by atoms with E-state index in [-0.39, 0.29) is 33.4 Å². The molecule has 11 rings (SSSR count). The first kappa shape index (κ1) is 38.9. The van der Waals surface area contributed by atoms with Crippen molar-refractivity contribution in [2.45, 2.75) is 5.41 Å². The van der Waals surface area contributed by atoms with E-state index in [0.29, 0.717) is 22.7 Å². The summed E-state index contributed by atoms with van der Waals surface area (Å²) in [5.74, 6) is -2.85. The van der Waals surface area contributed by atoms with Crippen LogP contribution < -0.4 is 20.4 Å². The zero-order valence-corrected chi connectivity index (χ0v) is 34.3. The van der Waals surface area contributed by atoms with Gasteiger partial charge in [-0.15, -0.1) is 0 Å². The van der Waals surface area contributed by atoms with Gasteiger partial charge in [0.15, 0.2) is 0 Å². The second-order valence-electron chi connectivity index (χ2n) is 16.0. The van der Waals surface area contributed by atoms with E-state index in [1.807, 2.05) is 60.7 Å². The lowest BCUT2D eigenvalue weighted by atomic mass is 9.67. The van der Waals surface area contributed by atoms with E-state index in [2.05, 4.69) is 34.9 Å². The molecule has 0 fully saturated rings. The van der Waals surface area contributed by atoms with Crippen molar-refractivity contribution < 1.29 is 28.8 Å². The van der Waals surface area contributed by atoms with Crippen molar-refractivity contribution in [3.8, 4) is 11.1 Å². The molecule has 2 N–H and O–H groups in total. The van der Waals surface area contributed by atoms with E-state index in [4.69, 9.17) is 0 Å². The lowest BCUT2D eigenvalue weighted by Crippen LogP contribution is -2.31. The molecule has 0 radical (unpaired) electrons. The van der Waals surface area contributed by atoms with Crippen molar-refractivity contribution >= 4 is 58.2 Å². The molecular weight excluding hydrogens is 813 g/mol. The van der Waals surface area contributed by atoms with Gasteiger partial charge in [-0.05, 0) is 118 Å². The highest BCUT2D eigenvalue weighted by molar-refractivity contribution is 6.35. The number of hydrogen-bond acceptors (Lipinski definition) is 6. The molecule has 3 aliphatic rings. The number of amides is 6. The Kier molecular flexibility index (Phi) is 9.03. The maximum absolute atomic E-state index is 14.0. The SMILES string of the molecule is O=C(Nc1ccccc1)c1ccc2c(c1)C(=O)N(c1ccc(C3(c4ccc(N5C(=O)c6ccc(C(=O)Nc7ccccc7)cc6C5=O)cc4)c4ccccc4-c4ccccc43)cc1)C2=O. The molecule has 0 aromatic heterocycles. The Hall–Kier alpha value is -9.02. The molecule has 0 spiro atoms. The third-order valence-corrected chi connectivity index (χ3v) is 12.4. The van der Waals surface area contributed by atoms with Crippen LogP contribution in [0.1, 0.15) is 84.4 Å². The molecule has 0 unspecified atom stereocenters. The second kappa shape index (κ2) is 15.1. The van der Waals surface area contributed by atoms with Gasteiger partial charge in [0.1, 0.15) is 0 Å². The summed E-state index contributed by atoms with van der Waals surface area (Å²) in [5, 5.41) is 5.65. The van der Waals surface area contributed by atoms with Crippen LogP contribution in [0.2, 0.25) is 0 Å². The Bertz CT molecular complexity index is 3110. The number of benzene rings is 8. The third kappa shape index (κ3) is 6.11. The van der Waals surface area contributed by atoms with Crippen molar-refractivity contribution in [3.63, 3.8) is 0 Å². The Morgan fingerprint density at radius 1 is 0.354 bits per heavy atom. The number of para-hydroxylation sites is 2. The first-order chi connectivity index (χ1) is 31.7. The molecule has 0 atom stereocenters. The summed E-state index contributed by atoms with van der Waals surface area (Å²) < 4.78 is 0. The van der Waals surface area contributed by atoms with Gasteiger partial charge in [0, 0.05) is 22.5 Å². The summed E-state index contributed by atoms with van der Waals surface area (Å²) in [6, 6.07) is 58.0. The molecule has 0 bridgehead atoms. The molecular formula is C55H34N4O6. The van der Waals surface area contributed by atoms with Gasteiger partial charge in [0.2, 0.25) is 0 Å². The zero-order valence-electron chi connectivity index (χ0n) is 34.3. The van der Waals surface area contributed by atoms with Crippen LogP contribution in [-0.2, 0) is 5.41 Å². The number of nitrogens with zero attached hydrogens (tertiary/aromatic N) is 2. The van der Waals surface area contributed by atoms with E-state index >= 15 is 0 Å². The van der Waals surface area contributed by atoms with Crippen LogP contribution in [0.5, 0.6) is 0 Å². The van der Waals surface area contributed by atoms with Gasteiger partial charge in [0.25, 0.3) is 35.4 Å². The van der Waals surface area contributed by atoms with Crippen LogP contribution >= 0.6 is 0 Å². The summed E-state index contributed by atoms with van der Waals surface area (Å²) in [6.07, 6.45) is 0. The fraction of sp³-hybridized carbons (Fsp3) is 0.0182. The van der Waals surface area contributed by atoms with E-state index < -0.39 is 40.9 Å². The fourth-order valence-electron chi connectivity index (χ4n) is 9.43. The predicted octanol–water partition coefficient (Wildman–Crippen LogP) is 10.2. The second-order valence-corrected chi connectivity index (χ2v) is 16.0. The maximum atomic E-state index is 14.0. The minimum atomic E-state index is -0.893. The lowest BCUT2D eigenvalue weighted by molar-refractivity contribution is 0.0910. The van der Waals surface area contributed by atoms with Crippen molar-refractivity contribution in [1.82, 2.24) is 0 Å². The number of carbonyl (C=O) groups excluding carboxylic acids is 6. The van der Waals surface area contributed by atoms with Crippen LogP contribution in [0.3, 0.4) is 0 Å². The Labute approximate surface area is 372 Å². The van der Waals surface area contributed by atoms with Crippen molar-refractivity contribution in [1.29, 1.82) is 0 Å². The number of nitrogens with one attached hydrogen (secondary N) is 2. The summed E-state index contributed by atoms with van der Waals surface area (Å²) in [6.45, 7) is 0. The molecule has 10 heteroatoms. The summed E-state index contributed by atoms with van der Waals surface area (Å²) in [5.41, 5.74) is 8.03. The largest absolute Gasteiger partial charge is 0.322 e. The fourth-order valence-corrected chi connectivity index (χ4v) is 9.43. The van der Waals surface area contributed by atoms with Gasteiger partial charge < -0.3 is 10.6 Å². The molecule has 10 nitrogen and oxygen atoms in total. The molecule has 310 valence electrons. The van der Waals surface area contributed by atoms with Gasteiger partial charge in [-0.2, -0.15) is 0 Å². The lowest BCUT2D eigenvalue weighted by Gasteiger charge is -2.34. The monoisotopic (exact) mass is 846 g/mol. The number of anilines is 4. The van der Waals surface area contributed by atoms with Crippen molar-refractivity contribution in [2.24, 2.45) is 0 Å². The van der Waals surface area contributed by atoms with Gasteiger partial charge in [-0.3, -0.25) is 28.8 Å². The number of hydrogen-bond donors (Lipinski definition) is 2. The Morgan fingerprint density at radius 2 is 0.708 bits per heavy atom. The van der Waals surface area contributed by atoms with Crippen LogP contribution in [0.4, 0.5) is 22.7 Å². The molecule has 2 aliphatic heterocycles. The average molecular weight is 847 g/mol. The van der Waals surface area contributed by atoms with E-state index in [9.17, 15) is 28.8 Å². The van der Waals surface area contributed by atoms with E-state index in [1.54, 1.807) is 72.8 Å². The van der Waals surface area contributed by atoms with Crippen molar-refractivity contribution in [2.75, 3.05) is 20.4 Å². The van der Waals surface area contributed by atoms with E-state index in [1.165, 1.54) is 36.4 Å². The van der Waals surface area contributed by atoms with E-state index in [0.717, 1.165) is 43.2 Å². The van der Waals surface area contributed by atoms with Gasteiger partial charge >= 0.3 is 0 Å². The van der Waals surface area contributed by atoms with Crippen LogP contribution in [-0.4, -0.2) is 35.4 Å². The molecule has 2 heterocycles. The van der Waals surface area contributed by atoms with Crippen LogP contribution in [0.15, 0.2) is 194 Å². The Morgan fingerprint density at radius 3 is 1.11 bits per heavy atom. The van der Waals surface area contributed by atoms with Gasteiger partial charge in [-0.1, -0.05) is 109 Å². The number of fused-ring (bicyclic) bond motifs is 5. The first-order valence-electron chi connectivity index (χ1n) is 20.9. The molecule has 8 aromatic carbocycles. The summed E-state index contributed by atoms with van der Waals surface area (Å²) in [4.78, 5) is 84.1. The highest BCUT2D eigenvalue weighted by atomic mass is 16.2. The maximum Gasteiger partial charge on any atom is 0.266 e. The number of rotatable bonds is 8. The van der Waals surface area contributed by atoms with Crippen LogP contribution in [0.25, 0.3) is 11.1 Å². The molecule has 8 aromatic rings. The molecule has 0 saturated carbocycles. The minimum absolute atomic E-state index is 0.141. The number of imide groups is 2. The minimum Gasteiger partial charge on any atom is -0.322 e. The summed E-state index contributed by atoms with van der Waals surface area (Å²) in [7, 11) is 0. The average Bonchev–Trinajstić information content (AvgIpc) is 3.89. The van der Waals surface area contributed by atoms with Gasteiger partial charge in [-0.25, -0.2) is 9.80 Å². The number of carbonyl (C=O) groups is 6. The first-order valence-corrected chi connectivity index (χ1v) is 20.9. The standard InChI is InChI=1S/C55H34N4O6/c60-49(56-37-11-3-1-4-12-37)33-19-29-43-45(31-33)53(64)58(51(43)62)39-25-21-35(22-26-39)55(47-17-9-7-15-41(47)42-16-8-10-18-48(42)55)36-23-27-40(28-24-36)59-52(63)44-30-20-34(32-46(44)54(59)65)50(61)57-38-13-5-2-6-14-38/h1-32H,(H,56,60)(H,57,61). The smallest absolute Gasteiger partial charge is 0.266 e. The van der Waals surface area contributed by atoms with Gasteiger partial charge in [0.05, 0.1) is 39.0 Å². The molecule has 65 heavy (non-hydrogen) atoms. The normalized spacial score (nSPS) is 14.2. The Balaban J connectivity index is 0.927. The summed E-state index contributed by atoms with van der Waals surface area (Å²) >= 11 is 0. The quantitative estimate of drug-likeness (QED) is 0.146. The zero-order chi connectivity index (χ0) is 44.4. The van der Waals surface area contributed by atoms with Crippen molar-refractivity contribution in [3.05, 3.63) is 250 Å². The molecule has 6 amide bonds. The highest BCUT2D eigenvalue weighted by Crippen LogP contribution is 2.56. The predicted molar refractivity (Wildman–Crippen MR) is 248 cm³/mol. The third-order valence-electron chi connectivity index (χ3n) is 12.4.